The molecule has 0 saturated carbocycles. The molecule has 0 unspecified atom stereocenters. The molecular formula is C22H27IN4O2. The smallest absolute Gasteiger partial charge is 0.194 e. The van der Waals surface area contributed by atoms with Crippen LogP contribution in [0.2, 0.25) is 0 Å². The van der Waals surface area contributed by atoms with Gasteiger partial charge in [-0.05, 0) is 47.2 Å². The number of guanidine groups is 1. The van der Waals surface area contributed by atoms with Crippen LogP contribution in [0.4, 0.5) is 0 Å². The molecule has 154 valence electrons. The quantitative estimate of drug-likeness (QED) is 0.320. The number of nitrogens with one attached hydrogen (secondary N) is 2. The van der Waals surface area contributed by atoms with Gasteiger partial charge in [-0.1, -0.05) is 18.2 Å². The average molecular weight is 506 g/mol. The molecule has 0 bridgehead atoms. The molecule has 29 heavy (non-hydrogen) atoms. The van der Waals surface area contributed by atoms with Crippen molar-refractivity contribution in [3.8, 4) is 11.5 Å². The van der Waals surface area contributed by atoms with E-state index in [9.17, 15) is 0 Å². The molecular weight excluding hydrogens is 479 g/mol. The molecule has 1 aliphatic heterocycles. The van der Waals surface area contributed by atoms with Crippen LogP contribution in [0, 0.1) is 0 Å². The predicted octanol–water partition coefficient (Wildman–Crippen LogP) is 3.94. The Hall–Kier alpha value is -2.42. The van der Waals surface area contributed by atoms with Gasteiger partial charge in [-0.25, -0.2) is 0 Å². The number of fused-ring (bicyclic) bond motifs is 2. The third-order valence-electron chi connectivity index (χ3n) is 5.25. The van der Waals surface area contributed by atoms with E-state index in [-0.39, 0.29) is 24.0 Å². The van der Waals surface area contributed by atoms with Crippen LogP contribution in [-0.2, 0) is 19.5 Å². The van der Waals surface area contributed by atoms with E-state index >= 15 is 0 Å². The fourth-order valence-electron chi connectivity index (χ4n) is 3.80. The minimum atomic E-state index is 0. The lowest BCUT2D eigenvalue weighted by Crippen LogP contribution is -2.43. The van der Waals surface area contributed by atoms with Crippen LogP contribution in [0.3, 0.4) is 0 Å². The van der Waals surface area contributed by atoms with Gasteiger partial charge in [-0.2, -0.15) is 0 Å². The molecule has 0 aliphatic carbocycles. The number of para-hydroxylation sites is 1. The maximum absolute atomic E-state index is 5.46. The first-order chi connectivity index (χ1) is 13.7. The Bertz CT molecular complexity index is 982. The Balaban J connectivity index is 0.00000240. The summed E-state index contributed by atoms with van der Waals surface area (Å²) in [6, 6.07) is 14.7. The van der Waals surface area contributed by atoms with E-state index in [2.05, 4.69) is 56.6 Å². The van der Waals surface area contributed by atoms with Crippen LogP contribution in [0.15, 0.2) is 47.5 Å². The standard InChI is InChI=1S/C22H26N4O2.HI/c1-23-22(24-13-18-10-16-6-4-5-7-19(16)25-18)26-9-8-15-11-20(27-2)21(28-3)12-17(15)14-26;/h4-7,10-12,25H,8-9,13-14H2,1-3H3,(H,23,24);1H. The molecule has 0 saturated heterocycles. The van der Waals surface area contributed by atoms with Crippen molar-refractivity contribution in [2.45, 2.75) is 19.5 Å². The Morgan fingerprint density at radius 1 is 1.10 bits per heavy atom. The normalized spacial score (nSPS) is 13.6. The number of rotatable bonds is 4. The van der Waals surface area contributed by atoms with Crippen LogP contribution in [0.5, 0.6) is 11.5 Å². The molecule has 2 heterocycles. The maximum atomic E-state index is 5.46. The number of nitrogens with zero attached hydrogens (tertiary/aromatic N) is 2. The zero-order valence-electron chi connectivity index (χ0n) is 17.0. The van der Waals surface area contributed by atoms with E-state index < -0.39 is 0 Å². The highest BCUT2D eigenvalue weighted by molar-refractivity contribution is 14.0. The van der Waals surface area contributed by atoms with Crippen LogP contribution >= 0.6 is 24.0 Å². The fraction of sp³-hybridized carbons (Fsp3) is 0.318. The van der Waals surface area contributed by atoms with Gasteiger partial charge in [0.2, 0.25) is 0 Å². The van der Waals surface area contributed by atoms with Gasteiger partial charge >= 0.3 is 0 Å². The number of methoxy groups -OCH3 is 2. The van der Waals surface area contributed by atoms with E-state index in [4.69, 9.17) is 9.47 Å². The van der Waals surface area contributed by atoms with Gasteiger partial charge in [0.15, 0.2) is 17.5 Å². The summed E-state index contributed by atoms with van der Waals surface area (Å²) < 4.78 is 10.9. The Morgan fingerprint density at radius 3 is 2.52 bits per heavy atom. The minimum absolute atomic E-state index is 0. The average Bonchev–Trinajstić information content (AvgIpc) is 3.16. The van der Waals surface area contributed by atoms with E-state index in [1.165, 1.54) is 16.5 Å². The van der Waals surface area contributed by atoms with Crippen molar-refractivity contribution >= 4 is 40.8 Å². The van der Waals surface area contributed by atoms with Crippen molar-refractivity contribution in [2.24, 2.45) is 4.99 Å². The van der Waals surface area contributed by atoms with E-state index in [0.29, 0.717) is 6.54 Å². The summed E-state index contributed by atoms with van der Waals surface area (Å²) in [6.07, 6.45) is 0.947. The van der Waals surface area contributed by atoms with Crippen molar-refractivity contribution < 1.29 is 9.47 Å². The Kier molecular flexibility index (Phi) is 6.89. The second kappa shape index (κ2) is 9.39. The van der Waals surface area contributed by atoms with Gasteiger partial charge < -0.3 is 24.7 Å². The second-order valence-corrected chi connectivity index (χ2v) is 6.93. The third-order valence-corrected chi connectivity index (χ3v) is 5.25. The number of benzene rings is 2. The monoisotopic (exact) mass is 506 g/mol. The number of halogens is 1. The maximum Gasteiger partial charge on any atom is 0.194 e. The summed E-state index contributed by atoms with van der Waals surface area (Å²) in [5, 5.41) is 4.71. The predicted molar refractivity (Wildman–Crippen MR) is 128 cm³/mol. The summed E-state index contributed by atoms with van der Waals surface area (Å²) >= 11 is 0. The molecule has 2 N–H and O–H groups in total. The summed E-state index contributed by atoms with van der Waals surface area (Å²) in [4.78, 5) is 10.2. The van der Waals surface area contributed by atoms with Crippen LogP contribution in [0.1, 0.15) is 16.8 Å². The second-order valence-electron chi connectivity index (χ2n) is 6.93. The van der Waals surface area contributed by atoms with Crippen LogP contribution in [-0.4, -0.2) is 43.7 Å². The molecule has 0 amide bonds. The number of ether oxygens (including phenoxy) is 2. The highest BCUT2D eigenvalue weighted by Crippen LogP contribution is 2.33. The summed E-state index contributed by atoms with van der Waals surface area (Å²) in [5.74, 6) is 2.46. The first-order valence-corrected chi connectivity index (χ1v) is 9.48. The third kappa shape index (κ3) is 4.44. The van der Waals surface area contributed by atoms with Crippen molar-refractivity contribution in [2.75, 3.05) is 27.8 Å². The zero-order valence-corrected chi connectivity index (χ0v) is 19.3. The topological polar surface area (TPSA) is 61.9 Å². The molecule has 6 nitrogen and oxygen atoms in total. The van der Waals surface area contributed by atoms with Gasteiger partial charge in [0.05, 0.1) is 20.8 Å². The van der Waals surface area contributed by atoms with Gasteiger partial charge in [0.1, 0.15) is 0 Å². The molecule has 0 fully saturated rings. The number of hydrogen-bond donors (Lipinski definition) is 2. The molecule has 0 spiro atoms. The number of hydrogen-bond acceptors (Lipinski definition) is 3. The van der Waals surface area contributed by atoms with Crippen molar-refractivity contribution in [3.63, 3.8) is 0 Å². The molecule has 4 rings (SSSR count). The first kappa shape index (κ1) is 21.3. The SMILES string of the molecule is CN=C(NCc1cc2ccccc2[nH]1)N1CCc2cc(OC)c(OC)cc2C1.I. The minimum Gasteiger partial charge on any atom is -0.493 e. The Labute approximate surface area is 188 Å². The highest BCUT2D eigenvalue weighted by Gasteiger charge is 2.21. The first-order valence-electron chi connectivity index (χ1n) is 9.48. The lowest BCUT2D eigenvalue weighted by atomic mass is 9.99. The lowest BCUT2D eigenvalue weighted by Gasteiger charge is -2.32. The van der Waals surface area contributed by atoms with E-state index in [1.54, 1.807) is 14.2 Å². The van der Waals surface area contributed by atoms with Gasteiger partial charge in [0.25, 0.3) is 0 Å². The highest BCUT2D eigenvalue weighted by atomic mass is 127. The molecule has 1 aliphatic rings. The van der Waals surface area contributed by atoms with Gasteiger partial charge in [0, 0.05) is 31.3 Å². The largest absolute Gasteiger partial charge is 0.493 e. The van der Waals surface area contributed by atoms with E-state index in [0.717, 1.165) is 48.2 Å². The van der Waals surface area contributed by atoms with Crippen molar-refractivity contribution in [1.29, 1.82) is 0 Å². The Morgan fingerprint density at radius 2 is 1.83 bits per heavy atom. The summed E-state index contributed by atoms with van der Waals surface area (Å²) in [6.45, 7) is 2.41. The van der Waals surface area contributed by atoms with Crippen molar-refractivity contribution in [1.82, 2.24) is 15.2 Å². The number of aromatic amines is 1. The number of aromatic nitrogens is 1. The van der Waals surface area contributed by atoms with E-state index in [1.807, 2.05) is 13.1 Å². The van der Waals surface area contributed by atoms with Crippen LogP contribution < -0.4 is 14.8 Å². The molecule has 3 aromatic rings. The summed E-state index contributed by atoms with van der Waals surface area (Å²) in [7, 11) is 5.18. The zero-order chi connectivity index (χ0) is 19.5. The lowest BCUT2D eigenvalue weighted by molar-refractivity contribution is 0.346. The molecule has 7 heteroatoms. The molecule has 0 atom stereocenters. The van der Waals surface area contributed by atoms with Gasteiger partial charge in [-0.15, -0.1) is 24.0 Å². The molecule has 2 aromatic carbocycles. The summed E-state index contributed by atoms with van der Waals surface area (Å²) in [5.41, 5.74) is 4.85. The molecule has 0 radical (unpaired) electrons. The number of aliphatic imine (C=N–C) groups is 1. The molecule has 1 aromatic heterocycles. The van der Waals surface area contributed by atoms with Crippen molar-refractivity contribution in [3.05, 3.63) is 59.3 Å². The van der Waals surface area contributed by atoms with Gasteiger partial charge in [-0.3, -0.25) is 4.99 Å². The van der Waals surface area contributed by atoms with Crippen LogP contribution in [0.25, 0.3) is 10.9 Å². The fourth-order valence-corrected chi connectivity index (χ4v) is 3.80. The number of H-pyrrole nitrogens is 1.